The summed E-state index contributed by atoms with van der Waals surface area (Å²) in [6, 6.07) is 12.0. The van der Waals surface area contributed by atoms with Gasteiger partial charge in [-0.15, -0.1) is 11.8 Å². The van der Waals surface area contributed by atoms with Crippen molar-refractivity contribution in [3.8, 4) is 0 Å². The van der Waals surface area contributed by atoms with Gasteiger partial charge >= 0.3 is 5.97 Å². The van der Waals surface area contributed by atoms with Crippen molar-refractivity contribution in [3.05, 3.63) is 59.4 Å². The lowest BCUT2D eigenvalue weighted by Crippen LogP contribution is -2.35. The summed E-state index contributed by atoms with van der Waals surface area (Å²) in [5, 5.41) is 9.89. The normalized spacial score (nSPS) is 16.2. The monoisotopic (exact) mass is 342 g/mol. The van der Waals surface area contributed by atoms with E-state index in [2.05, 4.69) is 41.1 Å². The Morgan fingerprint density at radius 1 is 1.29 bits per heavy atom. The lowest BCUT2D eigenvalue weighted by atomic mass is 10.1. The molecule has 0 bridgehead atoms. The van der Waals surface area contributed by atoms with Crippen LogP contribution in [0, 0.1) is 6.92 Å². The zero-order valence-electron chi connectivity index (χ0n) is 13.8. The average Bonchev–Trinajstić information content (AvgIpc) is 2.57. The Hall–Kier alpha value is -1.85. The van der Waals surface area contributed by atoms with E-state index in [4.69, 9.17) is 0 Å². The van der Waals surface area contributed by atoms with Crippen LogP contribution in [0.3, 0.4) is 0 Å². The van der Waals surface area contributed by atoms with Crippen molar-refractivity contribution < 1.29 is 9.90 Å². The van der Waals surface area contributed by atoms with Crippen LogP contribution < -0.4 is 0 Å². The molecule has 24 heavy (non-hydrogen) atoms. The SMILES string of the molecule is Cc1cccc(SC2CCN(Cc3ncccc3C(=O)O)CC2)c1. The lowest BCUT2D eigenvalue weighted by Gasteiger charge is -2.31. The van der Waals surface area contributed by atoms with Crippen molar-refractivity contribution in [2.75, 3.05) is 13.1 Å². The Morgan fingerprint density at radius 2 is 2.08 bits per heavy atom. The third-order valence-electron chi connectivity index (χ3n) is 4.32. The van der Waals surface area contributed by atoms with Crippen LogP contribution in [0.1, 0.15) is 34.5 Å². The number of aryl methyl sites for hydroxylation is 1. The van der Waals surface area contributed by atoms with E-state index in [1.54, 1.807) is 18.3 Å². The van der Waals surface area contributed by atoms with Gasteiger partial charge < -0.3 is 5.11 Å². The molecule has 2 aromatic rings. The summed E-state index contributed by atoms with van der Waals surface area (Å²) in [6.45, 7) is 4.71. The first-order valence-electron chi connectivity index (χ1n) is 8.24. The van der Waals surface area contributed by atoms with E-state index in [9.17, 15) is 9.90 Å². The Bertz CT molecular complexity index is 712. The molecule has 5 heteroatoms. The Balaban J connectivity index is 1.55. The quantitative estimate of drug-likeness (QED) is 0.894. The molecule has 0 unspecified atom stereocenters. The number of nitrogens with zero attached hydrogens (tertiary/aromatic N) is 2. The molecule has 0 radical (unpaired) electrons. The highest BCUT2D eigenvalue weighted by molar-refractivity contribution is 8.00. The summed E-state index contributed by atoms with van der Waals surface area (Å²) in [5.74, 6) is -0.900. The van der Waals surface area contributed by atoms with Crippen LogP contribution in [-0.2, 0) is 6.54 Å². The number of hydrogen-bond acceptors (Lipinski definition) is 4. The van der Waals surface area contributed by atoms with E-state index in [0.717, 1.165) is 25.9 Å². The summed E-state index contributed by atoms with van der Waals surface area (Å²) in [6.07, 6.45) is 3.91. The molecular weight excluding hydrogens is 320 g/mol. The van der Waals surface area contributed by atoms with Crippen molar-refractivity contribution in [2.24, 2.45) is 0 Å². The molecule has 2 heterocycles. The first-order chi connectivity index (χ1) is 11.6. The number of aromatic nitrogens is 1. The fourth-order valence-corrected chi connectivity index (χ4v) is 4.28. The molecule has 0 amide bonds. The largest absolute Gasteiger partial charge is 0.478 e. The van der Waals surface area contributed by atoms with Gasteiger partial charge in [-0.25, -0.2) is 4.79 Å². The van der Waals surface area contributed by atoms with Crippen LogP contribution in [-0.4, -0.2) is 39.3 Å². The first-order valence-corrected chi connectivity index (χ1v) is 9.12. The molecule has 1 aliphatic rings. The number of pyridine rings is 1. The Morgan fingerprint density at radius 3 is 2.79 bits per heavy atom. The predicted octanol–water partition coefficient (Wildman–Crippen LogP) is 3.84. The van der Waals surface area contributed by atoms with Gasteiger partial charge in [0.15, 0.2) is 0 Å². The Kier molecular flexibility index (Phi) is 5.53. The van der Waals surface area contributed by atoms with E-state index in [1.807, 2.05) is 11.8 Å². The van der Waals surface area contributed by atoms with Crippen LogP contribution >= 0.6 is 11.8 Å². The molecule has 1 aromatic carbocycles. The summed E-state index contributed by atoms with van der Waals surface area (Å²) in [7, 11) is 0. The van der Waals surface area contributed by atoms with Gasteiger partial charge in [0, 0.05) is 22.9 Å². The number of carboxylic acid groups (broad SMARTS) is 1. The van der Waals surface area contributed by atoms with Crippen molar-refractivity contribution in [3.63, 3.8) is 0 Å². The minimum atomic E-state index is -0.900. The van der Waals surface area contributed by atoms with Crippen LogP contribution in [0.15, 0.2) is 47.5 Å². The molecule has 1 aliphatic heterocycles. The predicted molar refractivity (Wildman–Crippen MR) is 96.5 cm³/mol. The van der Waals surface area contributed by atoms with Crippen molar-refractivity contribution in [1.82, 2.24) is 9.88 Å². The second kappa shape index (κ2) is 7.81. The molecule has 1 aromatic heterocycles. The number of carbonyl (C=O) groups is 1. The van der Waals surface area contributed by atoms with E-state index >= 15 is 0 Å². The van der Waals surface area contributed by atoms with Gasteiger partial charge in [0.05, 0.1) is 11.3 Å². The highest BCUT2D eigenvalue weighted by Crippen LogP contribution is 2.31. The molecule has 126 valence electrons. The zero-order chi connectivity index (χ0) is 16.9. The molecule has 0 spiro atoms. The fraction of sp³-hybridized carbons (Fsp3) is 0.368. The molecule has 1 N–H and O–H groups in total. The number of rotatable bonds is 5. The Labute approximate surface area is 146 Å². The van der Waals surface area contributed by atoms with Gasteiger partial charge in [-0.3, -0.25) is 9.88 Å². The van der Waals surface area contributed by atoms with Gasteiger partial charge in [0.25, 0.3) is 0 Å². The number of hydrogen-bond donors (Lipinski definition) is 1. The number of benzene rings is 1. The number of piperidine rings is 1. The summed E-state index contributed by atoms with van der Waals surface area (Å²) in [5.41, 5.74) is 2.28. The standard InChI is InChI=1S/C19H22N2O2S/c1-14-4-2-5-16(12-14)24-15-7-10-21(11-8-15)13-18-17(19(22)23)6-3-9-20-18/h2-6,9,12,15H,7-8,10-11,13H2,1H3,(H,22,23). The molecule has 3 rings (SSSR count). The maximum atomic E-state index is 11.3. The van der Waals surface area contributed by atoms with Crippen molar-refractivity contribution in [1.29, 1.82) is 0 Å². The fourth-order valence-electron chi connectivity index (χ4n) is 3.04. The van der Waals surface area contributed by atoms with E-state index < -0.39 is 5.97 Å². The zero-order valence-corrected chi connectivity index (χ0v) is 14.6. The van der Waals surface area contributed by atoms with E-state index in [-0.39, 0.29) is 0 Å². The number of thioether (sulfide) groups is 1. The summed E-state index contributed by atoms with van der Waals surface area (Å²) < 4.78 is 0. The topological polar surface area (TPSA) is 53.4 Å². The molecule has 4 nitrogen and oxygen atoms in total. The smallest absolute Gasteiger partial charge is 0.337 e. The van der Waals surface area contributed by atoms with Gasteiger partial charge in [-0.1, -0.05) is 17.7 Å². The average molecular weight is 342 g/mol. The summed E-state index contributed by atoms with van der Waals surface area (Å²) >= 11 is 1.96. The summed E-state index contributed by atoms with van der Waals surface area (Å²) in [4.78, 5) is 19.2. The molecule has 0 atom stereocenters. The molecule has 1 saturated heterocycles. The minimum absolute atomic E-state index is 0.314. The third kappa shape index (κ3) is 4.36. The molecule has 0 aliphatic carbocycles. The van der Waals surface area contributed by atoms with E-state index in [1.165, 1.54) is 10.5 Å². The first kappa shape index (κ1) is 17.0. The maximum Gasteiger partial charge on any atom is 0.337 e. The molecule has 1 fully saturated rings. The van der Waals surface area contributed by atoms with Crippen LogP contribution in [0.2, 0.25) is 0 Å². The third-order valence-corrected chi connectivity index (χ3v) is 5.65. The highest BCUT2D eigenvalue weighted by atomic mass is 32.2. The minimum Gasteiger partial charge on any atom is -0.478 e. The molecule has 0 saturated carbocycles. The van der Waals surface area contributed by atoms with Gasteiger partial charge in [-0.05, 0) is 57.1 Å². The lowest BCUT2D eigenvalue weighted by molar-refractivity contribution is 0.0693. The number of aromatic carboxylic acids is 1. The van der Waals surface area contributed by atoms with Crippen molar-refractivity contribution >= 4 is 17.7 Å². The maximum absolute atomic E-state index is 11.3. The van der Waals surface area contributed by atoms with Gasteiger partial charge in [0.2, 0.25) is 0 Å². The van der Waals surface area contributed by atoms with Gasteiger partial charge in [0.1, 0.15) is 0 Å². The number of likely N-dealkylation sites (tertiary alicyclic amines) is 1. The van der Waals surface area contributed by atoms with Crippen LogP contribution in [0.25, 0.3) is 0 Å². The second-order valence-electron chi connectivity index (χ2n) is 6.21. The van der Waals surface area contributed by atoms with Crippen LogP contribution in [0.5, 0.6) is 0 Å². The van der Waals surface area contributed by atoms with Crippen molar-refractivity contribution in [2.45, 2.75) is 36.5 Å². The number of carboxylic acids is 1. The highest BCUT2D eigenvalue weighted by Gasteiger charge is 2.22. The molecular formula is C19H22N2O2S. The van der Waals surface area contributed by atoms with Crippen LogP contribution in [0.4, 0.5) is 0 Å². The van der Waals surface area contributed by atoms with Gasteiger partial charge in [-0.2, -0.15) is 0 Å². The second-order valence-corrected chi connectivity index (χ2v) is 7.59. The van der Waals surface area contributed by atoms with E-state index in [0.29, 0.717) is 23.1 Å².